The molecule has 1 aromatic carbocycles. The highest BCUT2D eigenvalue weighted by Gasteiger charge is 2.17. The number of carbonyl (C=O) groups is 1. The van der Waals surface area contributed by atoms with Crippen molar-refractivity contribution in [2.24, 2.45) is 11.7 Å². The van der Waals surface area contributed by atoms with Crippen LogP contribution in [0.15, 0.2) is 24.3 Å². The summed E-state index contributed by atoms with van der Waals surface area (Å²) >= 11 is 0. The Morgan fingerprint density at radius 2 is 1.92 bits per heavy atom. The van der Waals surface area contributed by atoms with E-state index in [-0.39, 0.29) is 18.3 Å². The standard InChI is InChI=1S/C17H23N5O.ClH/c18-11-15-20-17(22-21-15)13-6-8-14(9-7-13)19-16(23)10-12-4-2-1-3-5-12;/h6-9,12H,1-5,10-11,18H2,(H,19,23)(H,20,21,22);1H. The van der Waals surface area contributed by atoms with Crippen LogP contribution in [0.4, 0.5) is 5.69 Å². The zero-order chi connectivity index (χ0) is 16.1. The van der Waals surface area contributed by atoms with Crippen LogP contribution in [-0.2, 0) is 11.3 Å². The van der Waals surface area contributed by atoms with E-state index in [2.05, 4.69) is 20.5 Å². The van der Waals surface area contributed by atoms with Crippen molar-refractivity contribution in [2.75, 3.05) is 5.32 Å². The molecular formula is C17H24ClN5O. The first kappa shape index (κ1) is 18.4. The van der Waals surface area contributed by atoms with Gasteiger partial charge in [0.2, 0.25) is 5.91 Å². The highest BCUT2D eigenvalue weighted by molar-refractivity contribution is 5.91. The quantitative estimate of drug-likeness (QED) is 0.771. The van der Waals surface area contributed by atoms with E-state index in [9.17, 15) is 4.79 Å². The van der Waals surface area contributed by atoms with Crippen molar-refractivity contribution in [2.45, 2.75) is 45.1 Å². The number of halogens is 1. The zero-order valence-electron chi connectivity index (χ0n) is 13.6. The third-order valence-electron chi connectivity index (χ3n) is 4.35. The summed E-state index contributed by atoms with van der Waals surface area (Å²) in [7, 11) is 0. The Balaban J connectivity index is 0.00000208. The van der Waals surface area contributed by atoms with Gasteiger partial charge in [-0.2, -0.15) is 5.10 Å². The minimum atomic E-state index is 0. The number of anilines is 1. The number of rotatable bonds is 5. The van der Waals surface area contributed by atoms with Gasteiger partial charge in [0.05, 0.1) is 6.54 Å². The Morgan fingerprint density at radius 1 is 1.21 bits per heavy atom. The van der Waals surface area contributed by atoms with Crippen LogP contribution in [-0.4, -0.2) is 21.1 Å². The molecule has 6 nitrogen and oxygen atoms in total. The molecule has 0 unspecified atom stereocenters. The number of carbonyl (C=O) groups excluding carboxylic acids is 1. The van der Waals surface area contributed by atoms with Gasteiger partial charge in [-0.05, 0) is 43.0 Å². The molecule has 3 rings (SSSR count). The Bertz CT molecular complexity index is 649. The van der Waals surface area contributed by atoms with Crippen molar-refractivity contribution in [3.8, 4) is 11.4 Å². The van der Waals surface area contributed by atoms with E-state index in [4.69, 9.17) is 5.73 Å². The molecular weight excluding hydrogens is 326 g/mol. The van der Waals surface area contributed by atoms with Crippen LogP contribution in [0.3, 0.4) is 0 Å². The molecule has 1 aromatic heterocycles. The molecule has 0 radical (unpaired) electrons. The van der Waals surface area contributed by atoms with Crippen molar-refractivity contribution >= 4 is 24.0 Å². The third kappa shape index (κ3) is 4.79. The molecule has 0 atom stereocenters. The Kier molecular flexibility index (Phi) is 6.75. The summed E-state index contributed by atoms with van der Waals surface area (Å²) in [5.41, 5.74) is 7.22. The van der Waals surface area contributed by atoms with Crippen LogP contribution in [0.1, 0.15) is 44.3 Å². The van der Waals surface area contributed by atoms with Crippen LogP contribution >= 0.6 is 12.4 Å². The van der Waals surface area contributed by atoms with Gasteiger partial charge in [0.1, 0.15) is 5.82 Å². The SMILES string of the molecule is Cl.NCc1nc(-c2ccc(NC(=O)CC3CCCCC3)cc2)n[nH]1. The number of aromatic nitrogens is 3. The summed E-state index contributed by atoms with van der Waals surface area (Å²) in [6.07, 6.45) is 6.82. The molecule has 1 heterocycles. The van der Waals surface area contributed by atoms with Crippen molar-refractivity contribution < 1.29 is 4.79 Å². The lowest BCUT2D eigenvalue weighted by atomic mass is 9.87. The van der Waals surface area contributed by atoms with Gasteiger partial charge in [-0.25, -0.2) is 4.98 Å². The number of benzene rings is 1. The van der Waals surface area contributed by atoms with Crippen LogP contribution < -0.4 is 11.1 Å². The maximum Gasteiger partial charge on any atom is 0.224 e. The van der Waals surface area contributed by atoms with Gasteiger partial charge in [-0.3, -0.25) is 9.89 Å². The Hall–Kier alpha value is -1.92. The van der Waals surface area contributed by atoms with E-state index in [1.54, 1.807) is 0 Å². The largest absolute Gasteiger partial charge is 0.326 e. The number of amides is 1. The van der Waals surface area contributed by atoms with Gasteiger partial charge in [0.25, 0.3) is 0 Å². The van der Waals surface area contributed by atoms with E-state index in [1.165, 1.54) is 32.1 Å². The van der Waals surface area contributed by atoms with Crippen LogP contribution in [0.5, 0.6) is 0 Å². The molecule has 1 amide bonds. The fourth-order valence-electron chi connectivity index (χ4n) is 3.08. The third-order valence-corrected chi connectivity index (χ3v) is 4.35. The predicted octanol–water partition coefficient (Wildman–Crippen LogP) is 3.26. The van der Waals surface area contributed by atoms with Gasteiger partial charge in [-0.1, -0.05) is 19.3 Å². The van der Waals surface area contributed by atoms with E-state index >= 15 is 0 Å². The summed E-state index contributed by atoms with van der Waals surface area (Å²) in [5.74, 6) is 1.93. The lowest BCUT2D eigenvalue weighted by molar-refractivity contribution is -0.117. The van der Waals surface area contributed by atoms with E-state index in [0.29, 0.717) is 30.5 Å². The molecule has 1 aliphatic carbocycles. The number of nitrogens with zero attached hydrogens (tertiary/aromatic N) is 2. The molecule has 130 valence electrons. The van der Waals surface area contributed by atoms with E-state index in [1.807, 2.05) is 24.3 Å². The second-order valence-electron chi connectivity index (χ2n) is 6.14. The molecule has 0 aliphatic heterocycles. The van der Waals surface area contributed by atoms with Crippen LogP contribution in [0.25, 0.3) is 11.4 Å². The Labute approximate surface area is 148 Å². The zero-order valence-corrected chi connectivity index (χ0v) is 14.4. The highest BCUT2D eigenvalue weighted by atomic mass is 35.5. The monoisotopic (exact) mass is 349 g/mol. The summed E-state index contributed by atoms with van der Waals surface area (Å²) in [5, 5.41) is 9.89. The van der Waals surface area contributed by atoms with Gasteiger partial charge in [0, 0.05) is 17.7 Å². The van der Waals surface area contributed by atoms with Gasteiger partial charge in [-0.15, -0.1) is 12.4 Å². The molecule has 0 bridgehead atoms. The number of aromatic amines is 1. The normalized spacial score (nSPS) is 14.9. The van der Waals surface area contributed by atoms with Gasteiger partial charge >= 0.3 is 0 Å². The molecule has 1 fully saturated rings. The van der Waals surface area contributed by atoms with Gasteiger partial charge in [0.15, 0.2) is 5.82 Å². The first-order valence-electron chi connectivity index (χ1n) is 8.26. The van der Waals surface area contributed by atoms with Crippen molar-refractivity contribution in [3.63, 3.8) is 0 Å². The average molecular weight is 350 g/mol. The fourth-order valence-corrected chi connectivity index (χ4v) is 3.08. The molecule has 24 heavy (non-hydrogen) atoms. The number of nitrogens with one attached hydrogen (secondary N) is 2. The van der Waals surface area contributed by atoms with Crippen LogP contribution in [0.2, 0.25) is 0 Å². The molecule has 2 aromatic rings. The minimum absolute atomic E-state index is 0. The molecule has 4 N–H and O–H groups in total. The molecule has 0 saturated heterocycles. The lowest BCUT2D eigenvalue weighted by Gasteiger charge is -2.20. The topological polar surface area (TPSA) is 96.7 Å². The second-order valence-corrected chi connectivity index (χ2v) is 6.14. The van der Waals surface area contributed by atoms with Crippen molar-refractivity contribution in [1.82, 2.24) is 15.2 Å². The second kappa shape index (κ2) is 8.80. The van der Waals surface area contributed by atoms with Crippen molar-refractivity contribution in [1.29, 1.82) is 0 Å². The summed E-state index contributed by atoms with van der Waals surface area (Å²) in [6, 6.07) is 7.57. The maximum absolute atomic E-state index is 12.1. The lowest BCUT2D eigenvalue weighted by Crippen LogP contribution is -2.18. The van der Waals surface area contributed by atoms with E-state index < -0.39 is 0 Å². The fraction of sp³-hybridized carbons (Fsp3) is 0.471. The molecule has 7 heteroatoms. The Morgan fingerprint density at radius 3 is 2.54 bits per heavy atom. The number of nitrogens with two attached hydrogens (primary N) is 1. The predicted molar refractivity (Wildman–Crippen MR) is 96.8 cm³/mol. The number of H-pyrrole nitrogens is 1. The summed E-state index contributed by atoms with van der Waals surface area (Å²) in [4.78, 5) is 16.4. The number of hydrogen-bond donors (Lipinski definition) is 3. The first-order valence-corrected chi connectivity index (χ1v) is 8.26. The van der Waals surface area contributed by atoms with E-state index in [0.717, 1.165) is 11.3 Å². The molecule has 1 aliphatic rings. The maximum atomic E-state index is 12.1. The molecule has 0 spiro atoms. The summed E-state index contributed by atoms with van der Waals surface area (Å²) < 4.78 is 0. The first-order chi connectivity index (χ1) is 11.2. The van der Waals surface area contributed by atoms with Gasteiger partial charge < -0.3 is 11.1 Å². The molecule has 1 saturated carbocycles. The van der Waals surface area contributed by atoms with Crippen LogP contribution in [0, 0.1) is 5.92 Å². The highest BCUT2D eigenvalue weighted by Crippen LogP contribution is 2.26. The number of hydrogen-bond acceptors (Lipinski definition) is 4. The average Bonchev–Trinajstić information content (AvgIpc) is 3.05. The van der Waals surface area contributed by atoms with Crippen molar-refractivity contribution in [3.05, 3.63) is 30.1 Å². The summed E-state index contributed by atoms with van der Waals surface area (Å²) in [6.45, 7) is 0.336. The minimum Gasteiger partial charge on any atom is -0.326 e. The smallest absolute Gasteiger partial charge is 0.224 e.